The van der Waals surface area contributed by atoms with Crippen LogP contribution >= 0.6 is 0 Å². The Morgan fingerprint density at radius 1 is 0.900 bits per heavy atom. The summed E-state index contributed by atoms with van der Waals surface area (Å²) in [5, 5.41) is 7.96. The lowest BCUT2D eigenvalue weighted by Gasteiger charge is -2.11. The maximum absolute atomic E-state index is 5.79. The maximum Gasteiger partial charge on any atom is 0.243 e. The monoisotopic (exact) mass is 405 g/mol. The standard InChI is InChI=1S/C22H23N5O3/c1-28-17-9-4-14(12-18(17)29-2)13-24-19-10-11-20-25-21(22(30-3)27(20)26-19)15-5-7-16(23)8-6-15/h4-12H,13,23H2,1-3H3,(H,24,26). The van der Waals surface area contributed by atoms with Crippen molar-refractivity contribution in [2.75, 3.05) is 32.4 Å². The number of hydrogen-bond acceptors (Lipinski definition) is 7. The Balaban J connectivity index is 1.61. The van der Waals surface area contributed by atoms with Crippen molar-refractivity contribution in [3.05, 3.63) is 60.2 Å². The number of nitrogens with two attached hydrogens (primary N) is 1. The van der Waals surface area contributed by atoms with Crippen LogP contribution in [-0.4, -0.2) is 35.9 Å². The molecule has 0 bridgehead atoms. The molecule has 0 saturated carbocycles. The topological polar surface area (TPSA) is 95.9 Å². The van der Waals surface area contributed by atoms with Gasteiger partial charge in [-0.25, -0.2) is 4.98 Å². The Labute approximate surface area is 174 Å². The van der Waals surface area contributed by atoms with Gasteiger partial charge in [-0.1, -0.05) is 18.2 Å². The Bertz CT molecular complexity index is 1170. The third kappa shape index (κ3) is 3.67. The van der Waals surface area contributed by atoms with Crippen LogP contribution in [0.15, 0.2) is 54.6 Å². The summed E-state index contributed by atoms with van der Waals surface area (Å²) in [6, 6.07) is 17.1. The van der Waals surface area contributed by atoms with Crippen molar-refractivity contribution >= 4 is 17.2 Å². The predicted molar refractivity (Wildman–Crippen MR) is 116 cm³/mol. The Hall–Kier alpha value is -3.94. The van der Waals surface area contributed by atoms with Crippen LogP contribution in [0.25, 0.3) is 16.9 Å². The molecule has 0 unspecified atom stereocenters. The van der Waals surface area contributed by atoms with Gasteiger partial charge in [0.15, 0.2) is 17.1 Å². The lowest BCUT2D eigenvalue weighted by Crippen LogP contribution is -2.05. The van der Waals surface area contributed by atoms with E-state index >= 15 is 0 Å². The van der Waals surface area contributed by atoms with E-state index in [1.165, 1.54) is 0 Å². The van der Waals surface area contributed by atoms with Crippen molar-refractivity contribution in [2.24, 2.45) is 0 Å². The molecule has 0 amide bonds. The first kappa shape index (κ1) is 19.4. The zero-order valence-corrected chi connectivity index (χ0v) is 17.0. The molecule has 4 aromatic rings. The molecule has 2 aromatic carbocycles. The van der Waals surface area contributed by atoms with E-state index in [9.17, 15) is 0 Å². The number of benzene rings is 2. The van der Waals surface area contributed by atoms with Crippen LogP contribution in [0.3, 0.4) is 0 Å². The van der Waals surface area contributed by atoms with Crippen LogP contribution < -0.4 is 25.3 Å². The molecule has 30 heavy (non-hydrogen) atoms. The first-order chi connectivity index (χ1) is 14.6. The Morgan fingerprint density at radius 3 is 2.37 bits per heavy atom. The van der Waals surface area contributed by atoms with Gasteiger partial charge in [0.1, 0.15) is 11.5 Å². The van der Waals surface area contributed by atoms with Gasteiger partial charge in [0.2, 0.25) is 5.88 Å². The first-order valence-corrected chi connectivity index (χ1v) is 9.37. The third-order valence-corrected chi connectivity index (χ3v) is 4.74. The summed E-state index contributed by atoms with van der Waals surface area (Å²) < 4.78 is 17.9. The lowest BCUT2D eigenvalue weighted by molar-refractivity contribution is 0.354. The van der Waals surface area contributed by atoms with Crippen molar-refractivity contribution in [3.8, 4) is 28.6 Å². The number of rotatable bonds is 7. The molecule has 8 nitrogen and oxygen atoms in total. The predicted octanol–water partition coefficient (Wildman–Crippen LogP) is 3.62. The molecule has 4 rings (SSSR count). The van der Waals surface area contributed by atoms with Crippen LogP contribution in [0.1, 0.15) is 5.56 Å². The fourth-order valence-corrected chi connectivity index (χ4v) is 3.20. The van der Waals surface area contributed by atoms with Gasteiger partial charge < -0.3 is 25.3 Å². The molecule has 154 valence electrons. The molecule has 0 radical (unpaired) electrons. The van der Waals surface area contributed by atoms with E-state index in [2.05, 4.69) is 15.4 Å². The van der Waals surface area contributed by atoms with Crippen molar-refractivity contribution < 1.29 is 14.2 Å². The average molecular weight is 405 g/mol. The molecule has 0 atom stereocenters. The highest BCUT2D eigenvalue weighted by Crippen LogP contribution is 2.31. The van der Waals surface area contributed by atoms with E-state index < -0.39 is 0 Å². The van der Waals surface area contributed by atoms with Gasteiger partial charge in [0.25, 0.3) is 0 Å². The first-order valence-electron chi connectivity index (χ1n) is 9.37. The Morgan fingerprint density at radius 2 is 1.67 bits per heavy atom. The molecule has 0 aliphatic heterocycles. The molecule has 2 aromatic heterocycles. The van der Waals surface area contributed by atoms with E-state index in [0.717, 1.165) is 11.1 Å². The molecular formula is C22H23N5O3. The molecule has 0 saturated heterocycles. The smallest absolute Gasteiger partial charge is 0.243 e. The summed E-state index contributed by atoms with van der Waals surface area (Å²) in [6.45, 7) is 0.570. The number of anilines is 2. The van der Waals surface area contributed by atoms with Gasteiger partial charge in [0, 0.05) is 17.8 Å². The second-order valence-electron chi connectivity index (χ2n) is 6.62. The van der Waals surface area contributed by atoms with Gasteiger partial charge in [-0.05, 0) is 42.0 Å². The van der Waals surface area contributed by atoms with Crippen molar-refractivity contribution in [1.82, 2.24) is 14.6 Å². The van der Waals surface area contributed by atoms with Gasteiger partial charge in [0.05, 0.1) is 21.3 Å². The molecule has 2 heterocycles. The van der Waals surface area contributed by atoms with Crippen LogP contribution in [0.5, 0.6) is 17.4 Å². The summed E-state index contributed by atoms with van der Waals surface area (Å²) in [7, 11) is 4.84. The van der Waals surface area contributed by atoms with Crippen molar-refractivity contribution in [1.29, 1.82) is 0 Å². The van der Waals surface area contributed by atoms with E-state index in [1.54, 1.807) is 25.8 Å². The molecule has 8 heteroatoms. The van der Waals surface area contributed by atoms with Crippen LogP contribution in [0.2, 0.25) is 0 Å². The van der Waals surface area contributed by atoms with Crippen LogP contribution in [0, 0.1) is 0 Å². The second-order valence-corrected chi connectivity index (χ2v) is 6.62. The van der Waals surface area contributed by atoms with Gasteiger partial charge >= 0.3 is 0 Å². The number of aromatic nitrogens is 3. The highest BCUT2D eigenvalue weighted by atomic mass is 16.5. The van der Waals surface area contributed by atoms with Gasteiger partial charge in [-0.3, -0.25) is 0 Å². The maximum atomic E-state index is 5.79. The summed E-state index contributed by atoms with van der Waals surface area (Å²) in [4.78, 5) is 4.66. The largest absolute Gasteiger partial charge is 0.493 e. The summed E-state index contributed by atoms with van der Waals surface area (Å²) >= 11 is 0. The normalized spacial score (nSPS) is 10.8. The highest BCUT2D eigenvalue weighted by Gasteiger charge is 2.16. The number of ether oxygens (including phenoxy) is 3. The number of hydrogen-bond donors (Lipinski definition) is 2. The van der Waals surface area contributed by atoms with E-state index in [0.29, 0.717) is 46.8 Å². The molecular weight excluding hydrogens is 382 g/mol. The fourth-order valence-electron chi connectivity index (χ4n) is 3.20. The van der Waals surface area contributed by atoms with Crippen LogP contribution in [-0.2, 0) is 6.54 Å². The zero-order valence-electron chi connectivity index (χ0n) is 17.0. The van der Waals surface area contributed by atoms with E-state index in [1.807, 2.05) is 54.6 Å². The quantitative estimate of drug-likeness (QED) is 0.453. The fraction of sp³-hybridized carbons (Fsp3) is 0.182. The molecule has 0 fully saturated rings. The molecule has 0 aliphatic carbocycles. The number of methoxy groups -OCH3 is 3. The second kappa shape index (κ2) is 8.20. The highest BCUT2D eigenvalue weighted by molar-refractivity contribution is 5.70. The number of imidazole rings is 1. The summed E-state index contributed by atoms with van der Waals surface area (Å²) in [6.07, 6.45) is 0. The SMILES string of the molecule is COc1ccc(CNc2ccc3nc(-c4ccc(N)cc4)c(OC)n3n2)cc1OC. The number of nitrogens with zero attached hydrogens (tertiary/aromatic N) is 3. The molecule has 0 aliphatic rings. The molecule has 0 spiro atoms. The minimum Gasteiger partial charge on any atom is -0.493 e. The lowest BCUT2D eigenvalue weighted by atomic mass is 10.1. The number of fused-ring (bicyclic) bond motifs is 1. The minimum absolute atomic E-state index is 0.560. The zero-order chi connectivity index (χ0) is 21.1. The van der Waals surface area contributed by atoms with E-state index in [4.69, 9.17) is 19.9 Å². The third-order valence-electron chi connectivity index (χ3n) is 4.74. The van der Waals surface area contributed by atoms with Gasteiger partial charge in [-0.15, -0.1) is 5.10 Å². The average Bonchev–Trinajstić information content (AvgIpc) is 3.15. The molecule has 3 N–H and O–H groups in total. The van der Waals surface area contributed by atoms with Crippen molar-refractivity contribution in [2.45, 2.75) is 6.54 Å². The number of nitrogens with one attached hydrogen (secondary N) is 1. The summed E-state index contributed by atoms with van der Waals surface area (Å²) in [5.41, 5.74) is 9.84. The van der Waals surface area contributed by atoms with Crippen LogP contribution in [0.4, 0.5) is 11.5 Å². The summed E-state index contributed by atoms with van der Waals surface area (Å²) in [5.74, 6) is 2.63. The minimum atomic E-state index is 0.560. The van der Waals surface area contributed by atoms with E-state index in [-0.39, 0.29) is 0 Å². The number of nitrogen functional groups attached to an aromatic ring is 1. The Kier molecular flexibility index (Phi) is 5.30. The van der Waals surface area contributed by atoms with Gasteiger partial charge in [-0.2, -0.15) is 4.52 Å². The van der Waals surface area contributed by atoms with Crippen molar-refractivity contribution in [3.63, 3.8) is 0 Å².